The summed E-state index contributed by atoms with van der Waals surface area (Å²) in [5.74, 6) is -1.92. The zero-order chi connectivity index (χ0) is 15.6. The fourth-order valence-corrected chi connectivity index (χ4v) is 1.77. The molecule has 0 spiro atoms. The van der Waals surface area contributed by atoms with Crippen LogP contribution in [0.4, 0.5) is 4.39 Å². The van der Waals surface area contributed by atoms with E-state index < -0.39 is 23.5 Å². The minimum Gasteiger partial charge on any atom is -0.505 e. The topological polar surface area (TPSA) is 95.1 Å². The molecule has 0 bridgehead atoms. The van der Waals surface area contributed by atoms with E-state index in [4.69, 9.17) is 5.11 Å². The summed E-state index contributed by atoms with van der Waals surface area (Å²) < 4.78 is 13.3. The van der Waals surface area contributed by atoms with Gasteiger partial charge in [-0.3, -0.25) is 14.7 Å². The quantitative estimate of drug-likeness (QED) is 0.750. The van der Waals surface area contributed by atoms with Gasteiger partial charge in [-0.2, -0.15) is 5.10 Å². The predicted molar refractivity (Wildman–Crippen MR) is 72.5 cm³/mol. The van der Waals surface area contributed by atoms with Gasteiger partial charge in [0.25, 0.3) is 5.91 Å². The van der Waals surface area contributed by atoms with Crippen molar-refractivity contribution in [3.8, 4) is 5.75 Å². The molecule has 0 aliphatic heterocycles. The number of benzene rings is 1. The zero-order valence-electron chi connectivity index (χ0n) is 11.5. The highest BCUT2D eigenvalue weighted by molar-refractivity contribution is 5.97. The second-order valence-electron chi connectivity index (χ2n) is 4.63. The molecular weight excluding hydrogens is 277 g/mol. The number of phenolic OH excluding ortho intramolecular Hbond substituents is 1. The number of nitrogens with one attached hydrogen (secondary N) is 2. The smallest absolute Gasteiger partial charge is 0.269 e. The Kier molecular flexibility index (Phi) is 4.02. The number of ketones is 1. The molecule has 0 fully saturated rings. The lowest BCUT2D eigenvalue weighted by molar-refractivity contribution is 0.0934. The maximum absolute atomic E-state index is 13.3. The molecule has 1 aromatic carbocycles. The number of amides is 1. The first kappa shape index (κ1) is 14.7. The van der Waals surface area contributed by atoms with Gasteiger partial charge in [-0.05, 0) is 30.7 Å². The van der Waals surface area contributed by atoms with Crippen molar-refractivity contribution in [2.75, 3.05) is 0 Å². The molecule has 110 valence electrons. The molecule has 1 amide bonds. The number of nitrogens with zero attached hydrogens (tertiary/aromatic N) is 1. The van der Waals surface area contributed by atoms with Crippen molar-refractivity contribution >= 4 is 11.7 Å². The Morgan fingerprint density at radius 1 is 1.38 bits per heavy atom. The molecule has 3 N–H and O–H groups in total. The van der Waals surface area contributed by atoms with Crippen molar-refractivity contribution in [1.29, 1.82) is 0 Å². The van der Waals surface area contributed by atoms with Crippen LogP contribution in [-0.4, -0.2) is 27.0 Å². The van der Waals surface area contributed by atoms with Gasteiger partial charge in [-0.25, -0.2) is 4.39 Å². The van der Waals surface area contributed by atoms with Gasteiger partial charge in [-0.1, -0.05) is 6.07 Å². The number of rotatable bonds is 4. The largest absolute Gasteiger partial charge is 0.505 e. The minimum atomic E-state index is -0.756. The molecular formula is C14H14FN3O3. The standard InChI is InChI=1S/C14H14FN3O3/c1-7(9-3-4-13(20)10(15)5-9)16-14(21)12-6-11(8(2)19)17-18-12/h3-7,20H,1-2H3,(H,16,21)(H,17,18)/t7-/m1/s1. The van der Waals surface area contributed by atoms with Crippen molar-refractivity contribution < 1.29 is 19.1 Å². The highest BCUT2D eigenvalue weighted by Gasteiger charge is 2.16. The fraction of sp³-hybridized carbons (Fsp3) is 0.214. The van der Waals surface area contributed by atoms with E-state index in [9.17, 15) is 14.0 Å². The van der Waals surface area contributed by atoms with Crippen LogP contribution in [-0.2, 0) is 0 Å². The van der Waals surface area contributed by atoms with Crippen LogP contribution in [0.1, 0.15) is 46.4 Å². The molecule has 6 nitrogen and oxygen atoms in total. The third kappa shape index (κ3) is 3.25. The number of aromatic nitrogens is 2. The molecule has 0 saturated carbocycles. The first-order chi connectivity index (χ1) is 9.88. The Morgan fingerprint density at radius 3 is 2.67 bits per heavy atom. The Labute approximate surface area is 120 Å². The molecule has 1 atom stereocenters. The molecule has 7 heteroatoms. The van der Waals surface area contributed by atoms with Crippen LogP contribution < -0.4 is 5.32 Å². The lowest BCUT2D eigenvalue weighted by Gasteiger charge is -2.13. The summed E-state index contributed by atoms with van der Waals surface area (Å²) in [6.45, 7) is 3.02. The van der Waals surface area contributed by atoms with Gasteiger partial charge in [0.2, 0.25) is 0 Å². The second-order valence-corrected chi connectivity index (χ2v) is 4.63. The van der Waals surface area contributed by atoms with Crippen LogP contribution >= 0.6 is 0 Å². The van der Waals surface area contributed by atoms with Gasteiger partial charge in [0.05, 0.1) is 6.04 Å². The molecule has 1 aromatic heterocycles. The molecule has 2 rings (SSSR count). The van der Waals surface area contributed by atoms with Crippen molar-refractivity contribution in [2.45, 2.75) is 19.9 Å². The maximum Gasteiger partial charge on any atom is 0.269 e. The van der Waals surface area contributed by atoms with Crippen LogP contribution in [0.25, 0.3) is 0 Å². The third-order valence-corrected chi connectivity index (χ3v) is 3.00. The molecule has 0 radical (unpaired) electrons. The van der Waals surface area contributed by atoms with E-state index in [0.717, 1.165) is 6.07 Å². The van der Waals surface area contributed by atoms with Crippen LogP contribution in [0.2, 0.25) is 0 Å². The number of H-pyrrole nitrogens is 1. The number of carbonyl (C=O) groups is 2. The third-order valence-electron chi connectivity index (χ3n) is 3.00. The predicted octanol–water partition coefficient (Wildman–Crippen LogP) is 1.95. The number of phenols is 1. The van der Waals surface area contributed by atoms with Gasteiger partial charge in [-0.15, -0.1) is 0 Å². The summed E-state index contributed by atoms with van der Waals surface area (Å²) in [5, 5.41) is 18.0. The molecule has 2 aromatic rings. The number of hydrogen-bond donors (Lipinski definition) is 3. The second kappa shape index (κ2) is 5.74. The van der Waals surface area contributed by atoms with Crippen molar-refractivity contribution in [3.05, 3.63) is 47.0 Å². The average molecular weight is 291 g/mol. The van der Waals surface area contributed by atoms with E-state index in [1.165, 1.54) is 25.1 Å². The summed E-state index contributed by atoms with van der Waals surface area (Å²) >= 11 is 0. The first-order valence-electron chi connectivity index (χ1n) is 6.24. The Balaban J connectivity index is 2.10. The van der Waals surface area contributed by atoms with Crippen molar-refractivity contribution in [2.24, 2.45) is 0 Å². The summed E-state index contributed by atoms with van der Waals surface area (Å²) in [7, 11) is 0. The minimum absolute atomic E-state index is 0.145. The molecule has 0 aliphatic rings. The Morgan fingerprint density at radius 2 is 2.10 bits per heavy atom. The van der Waals surface area contributed by atoms with E-state index in [1.54, 1.807) is 6.92 Å². The number of carbonyl (C=O) groups excluding carboxylic acids is 2. The Bertz CT molecular complexity index is 697. The number of aromatic hydroxyl groups is 1. The average Bonchev–Trinajstić information content (AvgIpc) is 2.91. The van der Waals surface area contributed by atoms with E-state index in [2.05, 4.69) is 15.5 Å². The normalized spacial score (nSPS) is 12.0. The van der Waals surface area contributed by atoms with E-state index in [-0.39, 0.29) is 17.2 Å². The first-order valence-corrected chi connectivity index (χ1v) is 6.24. The van der Waals surface area contributed by atoms with Gasteiger partial charge >= 0.3 is 0 Å². The number of hydrogen-bond acceptors (Lipinski definition) is 4. The van der Waals surface area contributed by atoms with Gasteiger partial charge in [0.15, 0.2) is 17.3 Å². The van der Waals surface area contributed by atoms with Crippen molar-refractivity contribution in [3.63, 3.8) is 0 Å². The monoisotopic (exact) mass is 291 g/mol. The van der Waals surface area contributed by atoms with Gasteiger partial charge in [0.1, 0.15) is 11.4 Å². The van der Waals surface area contributed by atoms with Crippen LogP contribution in [0, 0.1) is 5.82 Å². The molecule has 0 saturated heterocycles. The Hall–Kier alpha value is -2.70. The molecule has 0 unspecified atom stereocenters. The summed E-state index contributed by atoms with van der Waals surface area (Å²) in [6.07, 6.45) is 0. The number of Topliss-reactive ketones (excluding diaryl/α,β-unsaturated/α-hetero) is 1. The summed E-state index contributed by atoms with van der Waals surface area (Å²) in [6, 6.07) is 4.75. The van der Waals surface area contributed by atoms with Crippen LogP contribution in [0.3, 0.4) is 0 Å². The fourth-order valence-electron chi connectivity index (χ4n) is 1.77. The molecule has 0 aliphatic carbocycles. The SMILES string of the molecule is CC(=O)c1cc(C(=O)N[C@H](C)c2ccc(O)c(F)c2)[nH]n1. The van der Waals surface area contributed by atoms with E-state index in [0.29, 0.717) is 5.56 Å². The summed E-state index contributed by atoms with van der Waals surface area (Å²) in [4.78, 5) is 23.1. The lowest BCUT2D eigenvalue weighted by Crippen LogP contribution is -2.27. The molecule has 21 heavy (non-hydrogen) atoms. The number of aromatic amines is 1. The van der Waals surface area contributed by atoms with Crippen molar-refractivity contribution in [1.82, 2.24) is 15.5 Å². The number of halogens is 1. The lowest BCUT2D eigenvalue weighted by atomic mass is 10.1. The highest BCUT2D eigenvalue weighted by atomic mass is 19.1. The molecule has 1 heterocycles. The van der Waals surface area contributed by atoms with Crippen LogP contribution in [0.5, 0.6) is 5.75 Å². The zero-order valence-corrected chi connectivity index (χ0v) is 11.5. The maximum atomic E-state index is 13.3. The van der Waals surface area contributed by atoms with Gasteiger partial charge in [0, 0.05) is 6.92 Å². The summed E-state index contributed by atoms with van der Waals surface area (Å²) in [5.41, 5.74) is 0.819. The highest BCUT2D eigenvalue weighted by Crippen LogP contribution is 2.20. The van der Waals surface area contributed by atoms with Gasteiger partial charge < -0.3 is 10.4 Å². The van der Waals surface area contributed by atoms with E-state index >= 15 is 0 Å². The van der Waals surface area contributed by atoms with Crippen LogP contribution in [0.15, 0.2) is 24.3 Å². The van der Waals surface area contributed by atoms with E-state index in [1.807, 2.05) is 0 Å².